The Morgan fingerprint density at radius 1 is 1.28 bits per heavy atom. The van der Waals surface area contributed by atoms with Crippen LogP contribution in [0.3, 0.4) is 0 Å². The van der Waals surface area contributed by atoms with Crippen LogP contribution in [0.2, 0.25) is 0 Å². The summed E-state index contributed by atoms with van der Waals surface area (Å²) in [6.07, 6.45) is 2.76. The largest absolute Gasteiger partial charge is 0.390 e. The van der Waals surface area contributed by atoms with Gasteiger partial charge in [-0.3, -0.25) is 4.79 Å². The van der Waals surface area contributed by atoms with E-state index in [0.717, 1.165) is 24.8 Å². The van der Waals surface area contributed by atoms with Crippen LogP contribution in [0.5, 0.6) is 0 Å². The first-order chi connectivity index (χ1) is 8.77. The van der Waals surface area contributed by atoms with Crippen molar-refractivity contribution in [3.8, 4) is 0 Å². The second kappa shape index (κ2) is 6.66. The molecule has 0 saturated heterocycles. The second-order valence-electron chi connectivity index (χ2n) is 4.89. The molecule has 2 rings (SSSR count). The van der Waals surface area contributed by atoms with E-state index in [9.17, 15) is 9.90 Å². The number of hydrogen-bond donors (Lipinski definition) is 1. The van der Waals surface area contributed by atoms with Gasteiger partial charge in [-0.2, -0.15) is 0 Å². The fourth-order valence-corrected chi connectivity index (χ4v) is 2.40. The summed E-state index contributed by atoms with van der Waals surface area (Å²) in [7, 11) is 0. The number of ketones is 1. The van der Waals surface area contributed by atoms with E-state index < -0.39 is 6.10 Å². The van der Waals surface area contributed by atoms with Crippen molar-refractivity contribution in [1.29, 1.82) is 0 Å². The Morgan fingerprint density at radius 3 is 2.78 bits per heavy atom. The van der Waals surface area contributed by atoms with Crippen LogP contribution in [0, 0.1) is 5.92 Å². The molecule has 3 nitrogen and oxygen atoms in total. The van der Waals surface area contributed by atoms with Crippen LogP contribution in [0.1, 0.15) is 31.2 Å². The first kappa shape index (κ1) is 13.2. The van der Waals surface area contributed by atoms with Crippen LogP contribution in [0.25, 0.3) is 0 Å². The van der Waals surface area contributed by atoms with Crippen molar-refractivity contribution in [1.82, 2.24) is 0 Å². The van der Waals surface area contributed by atoms with Crippen LogP contribution in [-0.2, 0) is 16.1 Å². The zero-order chi connectivity index (χ0) is 12.8. The first-order valence-corrected chi connectivity index (χ1v) is 6.60. The van der Waals surface area contributed by atoms with Crippen molar-refractivity contribution in [2.24, 2.45) is 5.92 Å². The molecule has 1 N–H and O–H groups in total. The highest BCUT2D eigenvalue weighted by Gasteiger charge is 2.28. The van der Waals surface area contributed by atoms with E-state index in [1.165, 1.54) is 0 Å². The van der Waals surface area contributed by atoms with Crippen molar-refractivity contribution in [2.75, 3.05) is 6.61 Å². The molecule has 1 saturated carbocycles. The summed E-state index contributed by atoms with van der Waals surface area (Å²) in [5.74, 6) is -0.0217. The number of Topliss-reactive ketones (excluding diaryl/α,β-unsaturated/α-hetero) is 1. The number of rotatable bonds is 5. The molecule has 3 heteroatoms. The van der Waals surface area contributed by atoms with Gasteiger partial charge in [-0.05, 0) is 18.4 Å². The van der Waals surface area contributed by atoms with Gasteiger partial charge in [-0.15, -0.1) is 0 Å². The molecule has 0 unspecified atom stereocenters. The maximum Gasteiger partial charge on any atom is 0.138 e. The van der Waals surface area contributed by atoms with Crippen LogP contribution < -0.4 is 0 Å². The maximum absolute atomic E-state index is 11.7. The molecule has 1 aliphatic rings. The van der Waals surface area contributed by atoms with Crippen LogP contribution >= 0.6 is 0 Å². The van der Waals surface area contributed by atoms with Gasteiger partial charge < -0.3 is 9.84 Å². The van der Waals surface area contributed by atoms with E-state index in [1.54, 1.807) is 0 Å². The smallest absolute Gasteiger partial charge is 0.138 e. The summed E-state index contributed by atoms with van der Waals surface area (Å²) in [6.45, 7) is 0.726. The molecular formula is C15H20O3. The van der Waals surface area contributed by atoms with Crippen molar-refractivity contribution in [3.05, 3.63) is 35.9 Å². The molecule has 1 aromatic rings. The molecule has 0 heterocycles. The summed E-state index contributed by atoms with van der Waals surface area (Å²) >= 11 is 0. The lowest BCUT2D eigenvalue weighted by molar-refractivity contribution is -0.130. The van der Waals surface area contributed by atoms with Gasteiger partial charge in [0, 0.05) is 12.3 Å². The summed E-state index contributed by atoms with van der Waals surface area (Å²) in [5.41, 5.74) is 1.08. The van der Waals surface area contributed by atoms with E-state index in [2.05, 4.69) is 0 Å². The molecule has 0 bridgehead atoms. The minimum atomic E-state index is -0.651. The van der Waals surface area contributed by atoms with Gasteiger partial charge in [0.1, 0.15) is 5.78 Å². The summed E-state index contributed by atoms with van der Waals surface area (Å²) < 4.78 is 5.48. The first-order valence-electron chi connectivity index (χ1n) is 6.60. The standard InChI is InChI=1S/C15H20O3/c16-14-9-5-4-8-13(14)15(17)11-18-10-12-6-2-1-3-7-12/h1-3,6-7,13,15,17H,4-5,8-11H2/t13-,15+/m1/s1. The normalized spacial score (nSPS) is 21.8. The lowest BCUT2D eigenvalue weighted by Gasteiger charge is -2.25. The Balaban J connectivity index is 1.74. The Kier molecular flexibility index (Phi) is 4.90. The number of benzene rings is 1. The Hall–Kier alpha value is -1.19. The number of hydrogen-bond acceptors (Lipinski definition) is 3. The highest BCUT2D eigenvalue weighted by atomic mass is 16.5. The van der Waals surface area contributed by atoms with E-state index in [-0.39, 0.29) is 18.3 Å². The van der Waals surface area contributed by atoms with Gasteiger partial charge in [0.25, 0.3) is 0 Å². The molecule has 0 radical (unpaired) electrons. The lowest BCUT2D eigenvalue weighted by atomic mass is 9.84. The SMILES string of the molecule is O=C1CCCC[C@H]1[C@@H](O)COCc1ccccc1. The Morgan fingerprint density at radius 2 is 2.06 bits per heavy atom. The van der Waals surface area contributed by atoms with Gasteiger partial charge in [0.2, 0.25) is 0 Å². The molecular weight excluding hydrogens is 228 g/mol. The third-order valence-electron chi connectivity index (χ3n) is 3.47. The Labute approximate surface area is 108 Å². The predicted octanol–water partition coefficient (Wildman–Crippen LogP) is 2.32. The van der Waals surface area contributed by atoms with E-state index in [0.29, 0.717) is 13.0 Å². The molecule has 0 aliphatic heterocycles. The van der Waals surface area contributed by atoms with Gasteiger partial charge in [0.15, 0.2) is 0 Å². The van der Waals surface area contributed by atoms with E-state index in [4.69, 9.17) is 4.74 Å². The van der Waals surface area contributed by atoms with Gasteiger partial charge >= 0.3 is 0 Å². The van der Waals surface area contributed by atoms with Crippen molar-refractivity contribution < 1.29 is 14.6 Å². The quantitative estimate of drug-likeness (QED) is 0.870. The molecule has 2 atom stereocenters. The minimum Gasteiger partial charge on any atom is -0.390 e. The van der Waals surface area contributed by atoms with Gasteiger partial charge in [-0.25, -0.2) is 0 Å². The van der Waals surface area contributed by atoms with E-state index in [1.807, 2.05) is 30.3 Å². The lowest BCUT2D eigenvalue weighted by Crippen LogP contribution is -2.34. The Bertz CT molecular complexity index is 375. The number of aliphatic hydroxyl groups excluding tert-OH is 1. The molecule has 98 valence electrons. The van der Waals surface area contributed by atoms with Crippen molar-refractivity contribution in [3.63, 3.8) is 0 Å². The third-order valence-corrected chi connectivity index (χ3v) is 3.47. The number of aliphatic hydroxyl groups is 1. The molecule has 1 aromatic carbocycles. The maximum atomic E-state index is 11.7. The van der Waals surface area contributed by atoms with Crippen molar-refractivity contribution >= 4 is 5.78 Å². The summed E-state index contributed by atoms with van der Waals surface area (Å²) in [6, 6.07) is 9.84. The highest BCUT2D eigenvalue weighted by Crippen LogP contribution is 2.23. The monoisotopic (exact) mass is 248 g/mol. The number of carbonyl (C=O) groups is 1. The summed E-state index contributed by atoms with van der Waals surface area (Å²) in [4.78, 5) is 11.7. The van der Waals surface area contributed by atoms with Gasteiger partial charge in [-0.1, -0.05) is 36.8 Å². The van der Waals surface area contributed by atoms with Crippen LogP contribution in [0.4, 0.5) is 0 Å². The summed E-state index contributed by atoms with van der Waals surface area (Å²) in [5, 5.41) is 9.98. The molecule has 1 aliphatic carbocycles. The molecule has 0 spiro atoms. The topological polar surface area (TPSA) is 46.5 Å². The molecule has 1 fully saturated rings. The number of ether oxygens (including phenoxy) is 1. The zero-order valence-electron chi connectivity index (χ0n) is 10.5. The molecule has 0 aromatic heterocycles. The highest BCUT2D eigenvalue weighted by molar-refractivity contribution is 5.82. The third kappa shape index (κ3) is 3.65. The number of carbonyl (C=O) groups excluding carboxylic acids is 1. The van der Waals surface area contributed by atoms with E-state index >= 15 is 0 Å². The van der Waals surface area contributed by atoms with Crippen LogP contribution in [-0.4, -0.2) is 23.6 Å². The molecule has 0 amide bonds. The fourth-order valence-electron chi connectivity index (χ4n) is 2.40. The van der Waals surface area contributed by atoms with Crippen LogP contribution in [0.15, 0.2) is 30.3 Å². The average Bonchev–Trinajstić information content (AvgIpc) is 2.40. The zero-order valence-corrected chi connectivity index (χ0v) is 10.5. The minimum absolute atomic E-state index is 0.192. The predicted molar refractivity (Wildman–Crippen MR) is 69.1 cm³/mol. The van der Waals surface area contributed by atoms with Crippen molar-refractivity contribution in [2.45, 2.75) is 38.4 Å². The molecule has 18 heavy (non-hydrogen) atoms. The van der Waals surface area contributed by atoms with Gasteiger partial charge in [0.05, 0.1) is 19.3 Å². The fraction of sp³-hybridized carbons (Fsp3) is 0.533. The average molecular weight is 248 g/mol. The second-order valence-corrected chi connectivity index (χ2v) is 4.89.